The van der Waals surface area contributed by atoms with E-state index in [2.05, 4.69) is 12.2 Å². The largest absolute Gasteiger partial charge is 0.374 e. The minimum atomic E-state index is -0.413. The smallest absolute Gasteiger partial charge is 0.250 e. The van der Waals surface area contributed by atoms with Crippen molar-refractivity contribution < 1.29 is 0 Å². The van der Waals surface area contributed by atoms with Crippen LogP contribution in [-0.2, 0) is 0 Å². The maximum absolute atomic E-state index is 11.9. The Balaban J connectivity index is 1.96. The fraction of sp³-hybridized carbons (Fsp3) is 0.176. The van der Waals surface area contributed by atoms with Crippen LogP contribution in [0.25, 0.3) is 11.1 Å². The first-order chi connectivity index (χ1) is 10.2. The molecule has 0 aliphatic heterocycles. The average molecular weight is 297 g/mol. The van der Waals surface area contributed by atoms with Crippen LogP contribution in [0.2, 0.25) is 0 Å². The summed E-state index contributed by atoms with van der Waals surface area (Å²) in [6.07, 6.45) is 0.855. The highest BCUT2D eigenvalue weighted by Crippen LogP contribution is 2.30. The standard InChI is InChI=1S/C17H15NO2S/c1-2-12(13-9-6-10-21-13)18-15-14(16(19)17(15)20)11-7-4-3-5-8-11/h3-10,12,18H,2H2,1H3/t12-/m1/s1. The van der Waals surface area contributed by atoms with Crippen LogP contribution in [0, 0.1) is 0 Å². The lowest BCUT2D eigenvalue weighted by atomic mass is 9.97. The SMILES string of the molecule is CC[C@@H](Nc1c(-c2ccccc2)c(=O)c1=O)c1cccs1. The summed E-state index contributed by atoms with van der Waals surface area (Å²) in [5.41, 5.74) is 0.946. The summed E-state index contributed by atoms with van der Waals surface area (Å²) in [5, 5.41) is 5.27. The van der Waals surface area contributed by atoms with E-state index in [-0.39, 0.29) is 6.04 Å². The molecule has 4 heteroatoms. The fourth-order valence-electron chi connectivity index (χ4n) is 2.45. The van der Waals surface area contributed by atoms with Gasteiger partial charge in [-0.3, -0.25) is 9.59 Å². The quantitative estimate of drug-likeness (QED) is 0.732. The first-order valence-corrected chi connectivity index (χ1v) is 7.79. The first kappa shape index (κ1) is 13.8. The van der Waals surface area contributed by atoms with E-state index in [4.69, 9.17) is 0 Å². The summed E-state index contributed by atoms with van der Waals surface area (Å²) in [6, 6.07) is 13.4. The second-order valence-corrected chi connectivity index (χ2v) is 5.87. The summed E-state index contributed by atoms with van der Waals surface area (Å²) in [4.78, 5) is 25.0. The zero-order valence-corrected chi connectivity index (χ0v) is 12.4. The molecule has 3 nitrogen and oxygen atoms in total. The second-order valence-electron chi connectivity index (χ2n) is 4.89. The molecule has 0 aliphatic rings. The monoisotopic (exact) mass is 297 g/mol. The van der Waals surface area contributed by atoms with Gasteiger partial charge in [0.05, 0.1) is 17.3 Å². The molecule has 3 rings (SSSR count). The van der Waals surface area contributed by atoms with Gasteiger partial charge in [0.15, 0.2) is 0 Å². The molecule has 0 bridgehead atoms. The van der Waals surface area contributed by atoms with Crippen molar-refractivity contribution in [1.29, 1.82) is 0 Å². The Morgan fingerprint density at radius 3 is 2.43 bits per heavy atom. The minimum Gasteiger partial charge on any atom is -0.374 e. The molecule has 21 heavy (non-hydrogen) atoms. The van der Waals surface area contributed by atoms with E-state index in [1.165, 1.54) is 4.88 Å². The highest BCUT2D eigenvalue weighted by molar-refractivity contribution is 7.10. The van der Waals surface area contributed by atoms with Gasteiger partial charge in [-0.15, -0.1) is 11.3 Å². The van der Waals surface area contributed by atoms with Gasteiger partial charge in [0.25, 0.3) is 0 Å². The molecule has 1 heterocycles. The van der Waals surface area contributed by atoms with Gasteiger partial charge in [-0.1, -0.05) is 43.3 Å². The van der Waals surface area contributed by atoms with Gasteiger partial charge in [-0.25, -0.2) is 0 Å². The fourth-order valence-corrected chi connectivity index (χ4v) is 3.31. The van der Waals surface area contributed by atoms with E-state index in [1.54, 1.807) is 11.3 Å². The van der Waals surface area contributed by atoms with E-state index >= 15 is 0 Å². The molecule has 1 aromatic heterocycles. The molecule has 0 aliphatic carbocycles. The maximum Gasteiger partial charge on any atom is 0.250 e. The molecule has 0 saturated carbocycles. The predicted octanol–water partition coefficient (Wildman–Crippen LogP) is 3.57. The molecule has 1 N–H and O–H groups in total. The third-order valence-electron chi connectivity index (χ3n) is 3.59. The summed E-state index contributed by atoms with van der Waals surface area (Å²) in [6.45, 7) is 2.06. The van der Waals surface area contributed by atoms with Crippen LogP contribution in [-0.4, -0.2) is 0 Å². The van der Waals surface area contributed by atoms with Crippen molar-refractivity contribution in [1.82, 2.24) is 0 Å². The van der Waals surface area contributed by atoms with Crippen molar-refractivity contribution in [2.24, 2.45) is 0 Å². The van der Waals surface area contributed by atoms with Crippen LogP contribution in [0.1, 0.15) is 24.3 Å². The second kappa shape index (κ2) is 5.66. The molecular formula is C17H15NO2S. The predicted molar refractivity (Wildman–Crippen MR) is 87.8 cm³/mol. The van der Waals surface area contributed by atoms with Crippen LogP contribution in [0.4, 0.5) is 5.69 Å². The average Bonchev–Trinajstić information content (AvgIpc) is 3.05. The third kappa shape index (κ3) is 2.43. The summed E-state index contributed by atoms with van der Waals surface area (Å²) >= 11 is 1.65. The van der Waals surface area contributed by atoms with Gasteiger partial charge < -0.3 is 5.32 Å². The molecule has 0 spiro atoms. The normalized spacial score (nSPS) is 12.4. The number of anilines is 1. The van der Waals surface area contributed by atoms with Crippen molar-refractivity contribution in [2.45, 2.75) is 19.4 Å². The molecule has 106 valence electrons. The Bertz CT molecular complexity index is 799. The van der Waals surface area contributed by atoms with E-state index in [9.17, 15) is 9.59 Å². The van der Waals surface area contributed by atoms with Crippen molar-refractivity contribution in [3.63, 3.8) is 0 Å². The molecule has 3 aromatic rings. The van der Waals surface area contributed by atoms with Crippen molar-refractivity contribution in [3.05, 3.63) is 73.2 Å². The number of hydrogen-bond acceptors (Lipinski definition) is 4. The van der Waals surface area contributed by atoms with Crippen molar-refractivity contribution in [3.8, 4) is 11.1 Å². The Morgan fingerprint density at radius 1 is 1.05 bits per heavy atom. The van der Waals surface area contributed by atoms with Crippen molar-refractivity contribution >= 4 is 17.0 Å². The lowest BCUT2D eigenvalue weighted by molar-refractivity contribution is 0.761. The topological polar surface area (TPSA) is 46.2 Å². The van der Waals surface area contributed by atoms with Crippen LogP contribution < -0.4 is 16.2 Å². The van der Waals surface area contributed by atoms with Crippen molar-refractivity contribution in [2.75, 3.05) is 5.32 Å². The van der Waals surface area contributed by atoms with Gasteiger partial charge in [0, 0.05) is 4.88 Å². The van der Waals surface area contributed by atoms with Gasteiger partial charge >= 0.3 is 0 Å². The van der Waals surface area contributed by atoms with E-state index < -0.39 is 10.9 Å². The molecular weight excluding hydrogens is 282 g/mol. The van der Waals surface area contributed by atoms with Gasteiger partial charge in [0.2, 0.25) is 10.9 Å². The molecule has 0 saturated heterocycles. The molecule has 2 aromatic carbocycles. The maximum atomic E-state index is 11.9. The minimum absolute atomic E-state index is 0.0655. The zero-order chi connectivity index (χ0) is 14.8. The number of thiophene rings is 1. The lowest BCUT2D eigenvalue weighted by Gasteiger charge is -2.20. The van der Waals surface area contributed by atoms with Gasteiger partial charge in [0.1, 0.15) is 0 Å². The Labute approximate surface area is 126 Å². The van der Waals surface area contributed by atoms with Gasteiger partial charge in [-0.05, 0) is 23.4 Å². The molecule has 0 fully saturated rings. The van der Waals surface area contributed by atoms with Crippen LogP contribution >= 0.6 is 11.3 Å². The van der Waals surface area contributed by atoms with E-state index in [0.29, 0.717) is 11.3 Å². The summed E-state index contributed by atoms with van der Waals surface area (Å²) in [5.74, 6) is 0. The summed E-state index contributed by atoms with van der Waals surface area (Å²) < 4.78 is 0. The number of hydrogen-bond donors (Lipinski definition) is 1. The lowest BCUT2D eigenvalue weighted by Crippen LogP contribution is -2.37. The van der Waals surface area contributed by atoms with Gasteiger partial charge in [-0.2, -0.15) is 0 Å². The van der Waals surface area contributed by atoms with Crippen LogP contribution in [0.15, 0.2) is 57.4 Å². The number of benzene rings is 1. The number of rotatable bonds is 5. The molecule has 0 unspecified atom stereocenters. The molecule has 0 amide bonds. The zero-order valence-electron chi connectivity index (χ0n) is 11.6. The first-order valence-electron chi connectivity index (χ1n) is 6.91. The van der Waals surface area contributed by atoms with E-state index in [0.717, 1.165) is 12.0 Å². The van der Waals surface area contributed by atoms with E-state index in [1.807, 2.05) is 47.8 Å². The Morgan fingerprint density at radius 2 is 1.81 bits per heavy atom. The number of nitrogens with one attached hydrogen (secondary N) is 1. The van der Waals surface area contributed by atoms with Crippen LogP contribution in [0.5, 0.6) is 0 Å². The molecule has 1 atom stereocenters. The highest BCUT2D eigenvalue weighted by Gasteiger charge is 2.24. The summed E-state index contributed by atoms with van der Waals surface area (Å²) in [7, 11) is 0. The highest BCUT2D eigenvalue weighted by atomic mass is 32.1. The Hall–Kier alpha value is -2.20. The Kier molecular flexibility index (Phi) is 3.71. The third-order valence-corrected chi connectivity index (χ3v) is 4.57. The molecule has 0 radical (unpaired) electrons. The van der Waals surface area contributed by atoms with Crippen LogP contribution in [0.3, 0.4) is 0 Å².